The molecule has 0 unspecified atom stereocenters. The molecule has 3 aromatic rings. The molecule has 0 bridgehead atoms. The molecule has 1 amide bonds. The van der Waals surface area contributed by atoms with E-state index in [-0.39, 0.29) is 5.91 Å². The lowest BCUT2D eigenvalue weighted by Gasteiger charge is -2.33. The molecule has 0 aliphatic carbocycles. The standard InChI is InChI=1S/C28H30N4O3/c1-34-26-7-6-24(18-27(26)35-17-12-21-2-4-22(19-29)5-3-21)28(33)31-20-23-10-15-32(16-11-23)25-8-13-30-14-9-25/h2-9,13-14,18,23H,10-12,15-17,20H2,1H3,(H,31,33). The number of rotatable bonds is 9. The summed E-state index contributed by atoms with van der Waals surface area (Å²) in [5.74, 6) is 1.48. The van der Waals surface area contributed by atoms with Crippen LogP contribution in [0.3, 0.4) is 0 Å². The minimum absolute atomic E-state index is 0.110. The number of anilines is 1. The predicted octanol–water partition coefficient (Wildman–Crippen LogP) is 4.23. The zero-order chi connectivity index (χ0) is 24.5. The van der Waals surface area contributed by atoms with Crippen molar-refractivity contribution in [2.24, 2.45) is 5.92 Å². The third-order valence-corrected chi connectivity index (χ3v) is 6.35. The summed E-state index contributed by atoms with van der Waals surface area (Å²) in [6.07, 6.45) is 6.40. The summed E-state index contributed by atoms with van der Waals surface area (Å²) in [7, 11) is 1.58. The van der Waals surface area contributed by atoms with E-state index < -0.39 is 0 Å². The molecule has 180 valence electrons. The summed E-state index contributed by atoms with van der Waals surface area (Å²) in [4.78, 5) is 19.3. The molecule has 0 atom stereocenters. The molecule has 0 radical (unpaired) electrons. The van der Waals surface area contributed by atoms with Gasteiger partial charge >= 0.3 is 0 Å². The largest absolute Gasteiger partial charge is 0.493 e. The molecule has 0 spiro atoms. The van der Waals surface area contributed by atoms with Crippen molar-refractivity contribution in [1.29, 1.82) is 5.26 Å². The van der Waals surface area contributed by atoms with Gasteiger partial charge in [-0.05, 0) is 66.8 Å². The number of pyridine rings is 1. The van der Waals surface area contributed by atoms with E-state index in [0.717, 1.165) is 31.5 Å². The predicted molar refractivity (Wildman–Crippen MR) is 135 cm³/mol. The van der Waals surface area contributed by atoms with Crippen molar-refractivity contribution in [3.63, 3.8) is 0 Å². The monoisotopic (exact) mass is 470 g/mol. The number of nitriles is 1. The number of amides is 1. The Hall–Kier alpha value is -4.05. The summed E-state index contributed by atoms with van der Waals surface area (Å²) in [6, 6.07) is 18.9. The fraction of sp³-hybridized carbons (Fsp3) is 0.321. The lowest BCUT2D eigenvalue weighted by Crippen LogP contribution is -2.38. The van der Waals surface area contributed by atoms with Crippen LogP contribution >= 0.6 is 0 Å². The summed E-state index contributed by atoms with van der Waals surface area (Å²) >= 11 is 0. The second-order valence-electron chi connectivity index (χ2n) is 8.62. The van der Waals surface area contributed by atoms with Crippen LogP contribution in [-0.4, -0.2) is 44.2 Å². The van der Waals surface area contributed by atoms with Crippen molar-refractivity contribution in [3.05, 3.63) is 83.7 Å². The Morgan fingerprint density at radius 3 is 2.51 bits per heavy atom. The Bertz CT molecular complexity index is 1150. The summed E-state index contributed by atoms with van der Waals surface area (Å²) in [6.45, 7) is 3.04. The topological polar surface area (TPSA) is 87.5 Å². The Balaban J connectivity index is 1.27. The molecular formula is C28H30N4O3. The number of benzene rings is 2. The normalized spacial score (nSPS) is 13.7. The minimum atomic E-state index is -0.110. The van der Waals surface area contributed by atoms with E-state index >= 15 is 0 Å². The Labute approximate surface area is 206 Å². The van der Waals surface area contributed by atoms with Gasteiger partial charge < -0.3 is 19.7 Å². The number of nitrogens with one attached hydrogen (secondary N) is 1. The van der Waals surface area contributed by atoms with Crippen LogP contribution in [0.25, 0.3) is 0 Å². The molecule has 1 aliphatic rings. The fourth-order valence-electron chi connectivity index (χ4n) is 4.24. The van der Waals surface area contributed by atoms with Crippen molar-refractivity contribution in [2.45, 2.75) is 19.3 Å². The van der Waals surface area contributed by atoms with Crippen LogP contribution in [0, 0.1) is 17.2 Å². The number of carbonyl (C=O) groups excluding carboxylic acids is 1. The number of aromatic nitrogens is 1. The van der Waals surface area contributed by atoms with Crippen molar-refractivity contribution >= 4 is 11.6 Å². The quantitative estimate of drug-likeness (QED) is 0.504. The number of hydrogen-bond donors (Lipinski definition) is 1. The fourth-order valence-corrected chi connectivity index (χ4v) is 4.24. The van der Waals surface area contributed by atoms with Crippen LogP contribution in [0.15, 0.2) is 67.0 Å². The first-order valence-electron chi connectivity index (χ1n) is 11.9. The molecule has 7 nitrogen and oxygen atoms in total. The van der Waals surface area contributed by atoms with Crippen LogP contribution in [-0.2, 0) is 6.42 Å². The highest BCUT2D eigenvalue weighted by Gasteiger charge is 2.20. The molecular weight excluding hydrogens is 440 g/mol. The molecule has 1 N–H and O–H groups in total. The Morgan fingerprint density at radius 2 is 1.83 bits per heavy atom. The first kappa shape index (κ1) is 24.1. The van der Waals surface area contributed by atoms with Crippen molar-refractivity contribution in [3.8, 4) is 17.6 Å². The third-order valence-electron chi connectivity index (χ3n) is 6.35. The lowest BCUT2D eigenvalue weighted by molar-refractivity contribution is 0.0944. The van der Waals surface area contributed by atoms with Crippen LogP contribution in [0.4, 0.5) is 5.69 Å². The number of methoxy groups -OCH3 is 1. The smallest absolute Gasteiger partial charge is 0.251 e. The highest BCUT2D eigenvalue weighted by Crippen LogP contribution is 2.28. The van der Waals surface area contributed by atoms with Gasteiger partial charge in [0.2, 0.25) is 0 Å². The lowest BCUT2D eigenvalue weighted by atomic mass is 9.96. The van der Waals surface area contributed by atoms with Gasteiger partial charge in [-0.25, -0.2) is 0 Å². The van der Waals surface area contributed by atoms with Gasteiger partial charge in [0.05, 0.1) is 25.3 Å². The number of hydrogen-bond acceptors (Lipinski definition) is 6. The van der Waals surface area contributed by atoms with Gasteiger partial charge in [0.15, 0.2) is 11.5 Å². The average Bonchev–Trinajstić information content (AvgIpc) is 2.93. The number of ether oxygens (including phenoxy) is 2. The molecule has 4 rings (SSSR count). The van der Waals surface area contributed by atoms with E-state index in [0.29, 0.717) is 48.1 Å². The molecule has 1 saturated heterocycles. The van der Waals surface area contributed by atoms with Gasteiger partial charge in [0.25, 0.3) is 5.91 Å². The van der Waals surface area contributed by atoms with E-state index in [1.165, 1.54) is 5.69 Å². The summed E-state index contributed by atoms with van der Waals surface area (Å²) in [5, 5.41) is 12.0. The second-order valence-corrected chi connectivity index (χ2v) is 8.62. The number of piperidine rings is 1. The van der Waals surface area contributed by atoms with E-state index in [1.807, 2.05) is 36.7 Å². The molecule has 0 saturated carbocycles. The average molecular weight is 471 g/mol. The van der Waals surface area contributed by atoms with E-state index in [9.17, 15) is 4.79 Å². The minimum Gasteiger partial charge on any atom is -0.493 e. The van der Waals surface area contributed by atoms with E-state index in [2.05, 4.69) is 21.3 Å². The zero-order valence-corrected chi connectivity index (χ0v) is 19.9. The van der Waals surface area contributed by atoms with Gasteiger partial charge in [-0.2, -0.15) is 5.26 Å². The summed E-state index contributed by atoms with van der Waals surface area (Å²) in [5.41, 5.74) is 3.46. The molecule has 1 fully saturated rings. The Morgan fingerprint density at radius 1 is 1.09 bits per heavy atom. The van der Waals surface area contributed by atoms with Crippen LogP contribution in [0.1, 0.15) is 34.3 Å². The van der Waals surface area contributed by atoms with Crippen LogP contribution in [0.5, 0.6) is 11.5 Å². The van der Waals surface area contributed by atoms with Crippen molar-refractivity contribution in [2.75, 3.05) is 38.3 Å². The van der Waals surface area contributed by atoms with Gasteiger partial charge in [-0.1, -0.05) is 12.1 Å². The maximum absolute atomic E-state index is 12.8. The van der Waals surface area contributed by atoms with Gasteiger partial charge in [0.1, 0.15) is 0 Å². The van der Waals surface area contributed by atoms with Gasteiger partial charge in [-0.3, -0.25) is 9.78 Å². The van der Waals surface area contributed by atoms with Crippen LogP contribution < -0.4 is 19.7 Å². The van der Waals surface area contributed by atoms with E-state index in [4.69, 9.17) is 14.7 Å². The molecule has 2 aromatic carbocycles. The highest BCUT2D eigenvalue weighted by atomic mass is 16.5. The van der Waals surface area contributed by atoms with Crippen molar-refractivity contribution < 1.29 is 14.3 Å². The molecule has 2 heterocycles. The SMILES string of the molecule is COc1ccc(C(=O)NCC2CCN(c3ccncc3)CC2)cc1OCCc1ccc(C#N)cc1. The van der Waals surface area contributed by atoms with Crippen LogP contribution in [0.2, 0.25) is 0 Å². The number of carbonyl (C=O) groups is 1. The highest BCUT2D eigenvalue weighted by molar-refractivity contribution is 5.94. The van der Waals surface area contributed by atoms with Gasteiger partial charge in [0, 0.05) is 49.7 Å². The number of nitrogens with zero attached hydrogens (tertiary/aromatic N) is 3. The molecule has 1 aromatic heterocycles. The molecule has 35 heavy (non-hydrogen) atoms. The molecule has 1 aliphatic heterocycles. The maximum Gasteiger partial charge on any atom is 0.251 e. The maximum atomic E-state index is 12.8. The molecule has 7 heteroatoms. The van der Waals surface area contributed by atoms with Crippen molar-refractivity contribution in [1.82, 2.24) is 10.3 Å². The first-order valence-corrected chi connectivity index (χ1v) is 11.9. The third kappa shape index (κ3) is 6.51. The Kier molecular flexibility index (Phi) is 8.18. The van der Waals surface area contributed by atoms with E-state index in [1.54, 1.807) is 37.4 Å². The first-order chi connectivity index (χ1) is 17.2. The zero-order valence-electron chi connectivity index (χ0n) is 19.9. The summed E-state index contributed by atoms with van der Waals surface area (Å²) < 4.78 is 11.4. The second kappa shape index (κ2) is 11.9. The van der Waals surface area contributed by atoms with Gasteiger partial charge in [-0.15, -0.1) is 0 Å².